The highest BCUT2D eigenvalue weighted by atomic mass is 79.9. The van der Waals surface area contributed by atoms with Crippen molar-refractivity contribution in [2.45, 2.75) is 31.7 Å². The van der Waals surface area contributed by atoms with Crippen molar-refractivity contribution in [2.75, 3.05) is 13.1 Å². The average Bonchev–Trinajstić information content (AvgIpc) is 3.56. The lowest BCUT2D eigenvalue weighted by Crippen LogP contribution is -2.36. The van der Waals surface area contributed by atoms with Crippen molar-refractivity contribution in [2.24, 2.45) is 0 Å². The third-order valence-corrected chi connectivity index (χ3v) is 8.23. The fraction of sp³-hybridized carbons (Fsp3) is 0.292. The number of benzene rings is 1. The van der Waals surface area contributed by atoms with Crippen LogP contribution in [-0.4, -0.2) is 34.4 Å². The first-order valence-corrected chi connectivity index (χ1v) is 13.1. The lowest BCUT2D eigenvalue weighted by atomic mass is 9.95. The number of piperidine rings is 1. The molecule has 164 valence electrons. The number of aryl methyl sites for hydroxylation is 1. The molecule has 8 heteroatoms. The van der Waals surface area contributed by atoms with Gasteiger partial charge in [0, 0.05) is 21.3 Å². The van der Waals surface area contributed by atoms with Gasteiger partial charge in [0.25, 0.3) is 0 Å². The maximum atomic E-state index is 11.7. The number of carbonyl (C=O) groups is 1. The van der Waals surface area contributed by atoms with Crippen LogP contribution < -0.4 is 0 Å². The van der Waals surface area contributed by atoms with E-state index >= 15 is 0 Å². The van der Waals surface area contributed by atoms with E-state index in [0.717, 1.165) is 75.5 Å². The highest BCUT2D eigenvalue weighted by Gasteiger charge is 2.29. The quantitative estimate of drug-likeness (QED) is 0.260. The van der Waals surface area contributed by atoms with Crippen LogP contribution in [0.3, 0.4) is 0 Å². The SMILES string of the molecule is Cc1onc(-c2cccc(Br)c2)c1-c1csc(C2CCN(C(C=O)c3ccsc3)CC2)n1. The van der Waals surface area contributed by atoms with Crippen molar-refractivity contribution in [1.29, 1.82) is 0 Å². The van der Waals surface area contributed by atoms with Gasteiger partial charge in [-0.3, -0.25) is 4.90 Å². The zero-order valence-electron chi connectivity index (χ0n) is 17.5. The van der Waals surface area contributed by atoms with Crippen molar-refractivity contribution in [1.82, 2.24) is 15.0 Å². The van der Waals surface area contributed by atoms with Gasteiger partial charge in [0.15, 0.2) is 0 Å². The number of hydrogen-bond acceptors (Lipinski definition) is 7. The molecule has 3 aromatic heterocycles. The Morgan fingerprint density at radius 3 is 2.81 bits per heavy atom. The van der Waals surface area contributed by atoms with E-state index in [0.29, 0.717) is 5.92 Å². The maximum Gasteiger partial charge on any atom is 0.143 e. The van der Waals surface area contributed by atoms with E-state index in [1.807, 2.05) is 42.6 Å². The standard InChI is InChI=1S/C24H22BrN3O2S2/c1-15-22(23(27-30-15)17-3-2-4-19(25)11-17)20-14-32-24(26-20)16-5-8-28(9-6-16)21(12-29)18-7-10-31-13-18/h2-4,7,10-14,16,21H,5-6,8-9H2,1H3. The highest BCUT2D eigenvalue weighted by Crippen LogP contribution is 2.39. The van der Waals surface area contributed by atoms with Crippen LogP contribution in [0, 0.1) is 6.92 Å². The number of aldehydes is 1. The van der Waals surface area contributed by atoms with Crippen molar-refractivity contribution < 1.29 is 9.32 Å². The summed E-state index contributed by atoms with van der Waals surface area (Å²) in [4.78, 5) is 19.0. The van der Waals surface area contributed by atoms with Crippen LogP contribution >= 0.6 is 38.6 Å². The van der Waals surface area contributed by atoms with Crippen molar-refractivity contribution in [3.8, 4) is 22.5 Å². The Morgan fingerprint density at radius 2 is 2.09 bits per heavy atom. The molecule has 1 atom stereocenters. The van der Waals surface area contributed by atoms with Crippen molar-refractivity contribution in [3.05, 3.63) is 67.3 Å². The van der Waals surface area contributed by atoms with E-state index in [9.17, 15) is 4.79 Å². The molecule has 1 aromatic carbocycles. The highest BCUT2D eigenvalue weighted by molar-refractivity contribution is 9.10. The minimum atomic E-state index is -0.138. The van der Waals surface area contributed by atoms with Gasteiger partial charge in [-0.2, -0.15) is 11.3 Å². The molecule has 0 spiro atoms. The van der Waals surface area contributed by atoms with Crippen LogP contribution in [-0.2, 0) is 4.79 Å². The third kappa shape index (κ3) is 4.24. The summed E-state index contributed by atoms with van der Waals surface area (Å²) < 4.78 is 6.55. The van der Waals surface area contributed by atoms with E-state index in [4.69, 9.17) is 9.51 Å². The first-order valence-electron chi connectivity index (χ1n) is 10.5. The van der Waals surface area contributed by atoms with Gasteiger partial charge in [-0.15, -0.1) is 11.3 Å². The Hall–Kier alpha value is -2.13. The monoisotopic (exact) mass is 527 g/mol. The molecule has 4 aromatic rings. The Bertz CT molecular complexity index is 1210. The summed E-state index contributed by atoms with van der Waals surface area (Å²) in [6.07, 6.45) is 3.08. The summed E-state index contributed by atoms with van der Waals surface area (Å²) in [7, 11) is 0. The van der Waals surface area contributed by atoms with Gasteiger partial charge in [-0.05, 0) is 67.4 Å². The van der Waals surface area contributed by atoms with E-state index in [1.54, 1.807) is 22.7 Å². The molecule has 0 saturated carbocycles. The Balaban J connectivity index is 1.34. The largest absolute Gasteiger partial charge is 0.360 e. The van der Waals surface area contributed by atoms with E-state index in [1.165, 1.54) is 0 Å². The number of thiazole rings is 1. The first kappa shape index (κ1) is 21.7. The molecule has 32 heavy (non-hydrogen) atoms. The Morgan fingerprint density at radius 1 is 1.25 bits per heavy atom. The zero-order chi connectivity index (χ0) is 22.1. The molecule has 1 aliphatic heterocycles. The van der Waals surface area contributed by atoms with E-state index in [-0.39, 0.29) is 6.04 Å². The van der Waals surface area contributed by atoms with Crippen LogP contribution in [0.4, 0.5) is 0 Å². The number of carbonyl (C=O) groups excluding carboxylic acids is 1. The number of halogens is 1. The molecule has 1 saturated heterocycles. The molecule has 4 heterocycles. The average molecular weight is 528 g/mol. The van der Waals surface area contributed by atoms with Gasteiger partial charge in [0.2, 0.25) is 0 Å². The van der Waals surface area contributed by atoms with E-state index < -0.39 is 0 Å². The fourth-order valence-corrected chi connectivity index (χ4v) is 6.41. The zero-order valence-corrected chi connectivity index (χ0v) is 20.8. The number of thiophene rings is 1. The first-order chi connectivity index (χ1) is 15.6. The summed E-state index contributed by atoms with van der Waals surface area (Å²) in [5.74, 6) is 1.19. The molecule has 0 N–H and O–H groups in total. The van der Waals surface area contributed by atoms with Gasteiger partial charge in [0.1, 0.15) is 17.7 Å². The predicted molar refractivity (Wildman–Crippen MR) is 132 cm³/mol. The second-order valence-corrected chi connectivity index (χ2v) is 10.6. The minimum Gasteiger partial charge on any atom is -0.360 e. The summed E-state index contributed by atoms with van der Waals surface area (Å²) in [6, 6.07) is 9.98. The second-order valence-electron chi connectivity index (χ2n) is 7.99. The Kier molecular flexibility index (Phi) is 6.37. The van der Waals surface area contributed by atoms with Gasteiger partial charge in [-0.25, -0.2) is 4.98 Å². The third-order valence-electron chi connectivity index (χ3n) is 6.02. The molecule has 0 radical (unpaired) electrons. The molecule has 0 amide bonds. The number of hydrogen-bond donors (Lipinski definition) is 0. The van der Waals surface area contributed by atoms with Crippen LogP contribution in [0.25, 0.3) is 22.5 Å². The molecule has 0 bridgehead atoms. The van der Waals surface area contributed by atoms with Crippen LogP contribution in [0.15, 0.2) is 55.5 Å². The number of aromatic nitrogens is 2. The predicted octanol–water partition coefficient (Wildman–Crippen LogP) is 6.72. The molecule has 0 aliphatic carbocycles. The van der Waals surface area contributed by atoms with Crippen molar-refractivity contribution >= 4 is 44.9 Å². The van der Waals surface area contributed by atoms with Gasteiger partial charge >= 0.3 is 0 Å². The second kappa shape index (κ2) is 9.39. The number of likely N-dealkylation sites (tertiary alicyclic amines) is 1. The summed E-state index contributed by atoms with van der Waals surface area (Å²) >= 11 is 6.88. The molecule has 1 aliphatic rings. The lowest BCUT2D eigenvalue weighted by molar-refractivity contribution is -0.113. The molecular formula is C24H22BrN3O2S2. The lowest BCUT2D eigenvalue weighted by Gasteiger charge is -2.34. The molecular weight excluding hydrogens is 506 g/mol. The normalized spacial score (nSPS) is 16.3. The smallest absolute Gasteiger partial charge is 0.143 e. The Labute approximate surface area is 203 Å². The molecule has 5 nitrogen and oxygen atoms in total. The minimum absolute atomic E-state index is 0.138. The van der Waals surface area contributed by atoms with Gasteiger partial charge in [0.05, 0.1) is 22.3 Å². The van der Waals surface area contributed by atoms with Crippen LogP contribution in [0.2, 0.25) is 0 Å². The fourth-order valence-electron chi connectivity index (χ4n) is 4.34. The molecule has 5 rings (SSSR count). The molecule has 1 unspecified atom stereocenters. The maximum absolute atomic E-state index is 11.7. The summed E-state index contributed by atoms with van der Waals surface area (Å²) in [6.45, 7) is 3.73. The topological polar surface area (TPSA) is 59.2 Å². The molecule has 1 fully saturated rings. The van der Waals surface area contributed by atoms with Gasteiger partial charge in [-0.1, -0.05) is 33.2 Å². The van der Waals surface area contributed by atoms with Crippen molar-refractivity contribution in [3.63, 3.8) is 0 Å². The summed E-state index contributed by atoms with van der Waals surface area (Å²) in [5, 5.41) is 11.7. The van der Waals surface area contributed by atoms with E-state index in [2.05, 4.69) is 36.7 Å². The van der Waals surface area contributed by atoms with Gasteiger partial charge < -0.3 is 9.32 Å². The van der Waals surface area contributed by atoms with Crippen LogP contribution in [0.1, 0.15) is 41.1 Å². The van der Waals surface area contributed by atoms with Crippen LogP contribution in [0.5, 0.6) is 0 Å². The number of rotatable bonds is 6. The summed E-state index contributed by atoms with van der Waals surface area (Å²) in [5.41, 5.74) is 4.80. The number of nitrogens with zero attached hydrogens (tertiary/aromatic N) is 3.